The topological polar surface area (TPSA) is 23.5 Å². The molecule has 18 heavy (non-hydrogen) atoms. The van der Waals surface area contributed by atoms with Crippen LogP contribution in [0.15, 0.2) is 0 Å². The predicted molar refractivity (Wildman–Crippen MR) is 76.7 cm³/mol. The number of hydrogen-bond acceptors (Lipinski definition) is 2. The smallest absolute Gasteiger partial charge is 0.0669 e. The van der Waals surface area contributed by atoms with E-state index in [1.807, 2.05) is 0 Å². The molecule has 2 fully saturated rings. The zero-order valence-electron chi connectivity index (χ0n) is 12.1. The molecule has 1 saturated carbocycles. The maximum Gasteiger partial charge on any atom is 0.0669 e. The van der Waals surface area contributed by atoms with Gasteiger partial charge in [-0.2, -0.15) is 0 Å². The van der Waals surface area contributed by atoms with Crippen molar-refractivity contribution in [3.05, 3.63) is 0 Å². The van der Waals surface area contributed by atoms with E-state index in [0.717, 1.165) is 24.9 Å². The van der Waals surface area contributed by atoms with Crippen LogP contribution in [0.5, 0.6) is 0 Å². The first-order chi connectivity index (χ1) is 8.79. The first-order valence-corrected chi connectivity index (χ1v) is 8.21. The fourth-order valence-electron chi connectivity index (χ4n) is 3.94. The van der Waals surface area contributed by atoms with Crippen molar-refractivity contribution in [3.63, 3.8) is 0 Å². The lowest BCUT2D eigenvalue weighted by Crippen LogP contribution is -2.44. The van der Waals surface area contributed by atoms with E-state index in [1.54, 1.807) is 0 Å². The first kappa shape index (κ1) is 14.3. The molecular formula is C16H31NO. The van der Waals surface area contributed by atoms with Gasteiger partial charge >= 0.3 is 0 Å². The molecule has 1 aliphatic heterocycles. The van der Waals surface area contributed by atoms with Crippen LogP contribution in [0.3, 0.4) is 0 Å². The van der Waals surface area contributed by atoms with Gasteiger partial charge in [0.05, 0.1) is 6.10 Å². The third-order valence-corrected chi connectivity index (χ3v) is 4.90. The van der Waals surface area contributed by atoms with E-state index >= 15 is 0 Å². The molecule has 0 spiro atoms. The van der Waals surface area contributed by atoms with Gasteiger partial charge in [0, 0.05) is 12.6 Å². The van der Waals surface area contributed by atoms with Gasteiger partial charge in [0.15, 0.2) is 0 Å². The minimum Gasteiger partial charge on any atom is -0.392 e. The van der Waals surface area contributed by atoms with Crippen molar-refractivity contribution in [2.45, 2.75) is 83.3 Å². The van der Waals surface area contributed by atoms with E-state index in [9.17, 15) is 5.11 Å². The second kappa shape index (κ2) is 7.49. The number of aliphatic hydroxyl groups is 1. The van der Waals surface area contributed by atoms with E-state index < -0.39 is 0 Å². The number of nitrogens with zero attached hydrogens (tertiary/aromatic N) is 1. The van der Waals surface area contributed by atoms with Gasteiger partial charge < -0.3 is 5.11 Å². The second-order valence-electron chi connectivity index (χ2n) is 6.47. The number of rotatable bonds is 6. The summed E-state index contributed by atoms with van der Waals surface area (Å²) in [6.07, 6.45) is 13.1. The number of piperidine rings is 1. The Morgan fingerprint density at radius 1 is 1.11 bits per heavy atom. The Morgan fingerprint density at radius 3 is 2.56 bits per heavy atom. The van der Waals surface area contributed by atoms with Crippen molar-refractivity contribution in [2.75, 3.05) is 13.1 Å². The highest BCUT2D eigenvalue weighted by Gasteiger charge is 2.25. The maximum atomic E-state index is 10.3. The number of likely N-dealkylation sites (tertiary alicyclic amines) is 1. The first-order valence-electron chi connectivity index (χ1n) is 8.21. The summed E-state index contributed by atoms with van der Waals surface area (Å²) in [7, 11) is 0. The molecule has 106 valence electrons. The van der Waals surface area contributed by atoms with Crippen molar-refractivity contribution in [1.29, 1.82) is 0 Å². The van der Waals surface area contributed by atoms with E-state index in [1.165, 1.54) is 64.3 Å². The minimum atomic E-state index is -0.0782. The lowest BCUT2D eigenvalue weighted by molar-refractivity contribution is 0.0513. The van der Waals surface area contributed by atoms with Crippen LogP contribution >= 0.6 is 0 Å². The van der Waals surface area contributed by atoms with Crippen LogP contribution in [0.2, 0.25) is 0 Å². The van der Waals surface area contributed by atoms with Gasteiger partial charge in [-0.3, -0.25) is 4.90 Å². The highest BCUT2D eigenvalue weighted by atomic mass is 16.3. The summed E-state index contributed by atoms with van der Waals surface area (Å²) in [6, 6.07) is 0.752. The summed E-state index contributed by atoms with van der Waals surface area (Å²) in [5.74, 6) is 0.814. The third kappa shape index (κ3) is 4.24. The lowest BCUT2D eigenvalue weighted by Gasteiger charge is -2.37. The van der Waals surface area contributed by atoms with Crippen LogP contribution in [0, 0.1) is 5.92 Å². The monoisotopic (exact) mass is 253 g/mol. The van der Waals surface area contributed by atoms with Crippen molar-refractivity contribution >= 4 is 0 Å². The minimum absolute atomic E-state index is 0.0782. The van der Waals surface area contributed by atoms with Gasteiger partial charge in [-0.25, -0.2) is 0 Å². The molecule has 0 aromatic carbocycles. The molecule has 1 heterocycles. The van der Waals surface area contributed by atoms with Crippen molar-refractivity contribution in [2.24, 2.45) is 5.92 Å². The van der Waals surface area contributed by atoms with Crippen LogP contribution in [-0.2, 0) is 0 Å². The Balaban J connectivity index is 1.74. The van der Waals surface area contributed by atoms with Crippen LogP contribution < -0.4 is 0 Å². The molecule has 0 aromatic rings. The maximum absolute atomic E-state index is 10.3. The molecule has 0 amide bonds. The molecule has 2 heteroatoms. The molecule has 2 atom stereocenters. The zero-order chi connectivity index (χ0) is 12.8. The fraction of sp³-hybridized carbons (Fsp3) is 1.00. The van der Waals surface area contributed by atoms with Crippen LogP contribution in [0.1, 0.15) is 71.1 Å². The molecule has 1 N–H and O–H groups in total. The average Bonchev–Trinajstić information content (AvgIpc) is 2.84. The Bertz CT molecular complexity index is 223. The van der Waals surface area contributed by atoms with Crippen molar-refractivity contribution in [1.82, 2.24) is 4.90 Å². The highest BCUT2D eigenvalue weighted by Crippen LogP contribution is 2.29. The normalized spacial score (nSPS) is 28.7. The molecular weight excluding hydrogens is 222 g/mol. The van der Waals surface area contributed by atoms with Gasteiger partial charge in [0.1, 0.15) is 0 Å². The SMILES string of the molecule is CCCC1CCCCN1CC(O)CC1CCCC1. The second-order valence-corrected chi connectivity index (χ2v) is 6.47. The molecule has 1 saturated heterocycles. The van der Waals surface area contributed by atoms with Gasteiger partial charge in [-0.1, -0.05) is 45.4 Å². The molecule has 2 nitrogen and oxygen atoms in total. The Morgan fingerprint density at radius 2 is 1.83 bits per heavy atom. The summed E-state index contributed by atoms with van der Waals surface area (Å²) in [6.45, 7) is 4.43. The predicted octanol–water partition coefficient (Wildman–Crippen LogP) is 3.58. The number of hydrogen-bond donors (Lipinski definition) is 1. The molecule has 1 aliphatic carbocycles. The van der Waals surface area contributed by atoms with E-state index in [-0.39, 0.29) is 6.10 Å². The summed E-state index contributed by atoms with van der Waals surface area (Å²) in [5.41, 5.74) is 0. The standard InChI is InChI=1S/C16H31NO/c1-2-7-15-10-5-6-11-17(15)13-16(18)12-14-8-3-4-9-14/h14-16,18H,2-13H2,1H3. The molecule has 0 bridgehead atoms. The third-order valence-electron chi connectivity index (χ3n) is 4.90. The number of β-amino-alcohol motifs (C(OH)–C–C–N with tert-alkyl or cyclic N) is 1. The summed E-state index contributed by atoms with van der Waals surface area (Å²) in [4.78, 5) is 2.58. The average molecular weight is 253 g/mol. The van der Waals surface area contributed by atoms with Gasteiger partial charge in [0.2, 0.25) is 0 Å². The lowest BCUT2D eigenvalue weighted by atomic mass is 9.95. The zero-order valence-corrected chi connectivity index (χ0v) is 12.1. The Hall–Kier alpha value is -0.0800. The summed E-state index contributed by atoms with van der Waals surface area (Å²) in [5, 5.41) is 10.3. The van der Waals surface area contributed by atoms with Crippen LogP contribution in [-0.4, -0.2) is 35.2 Å². The van der Waals surface area contributed by atoms with E-state index in [2.05, 4.69) is 11.8 Å². The molecule has 2 unspecified atom stereocenters. The molecule has 2 rings (SSSR count). The summed E-state index contributed by atoms with van der Waals surface area (Å²) >= 11 is 0. The van der Waals surface area contributed by atoms with Gasteiger partial charge in [-0.15, -0.1) is 0 Å². The number of aliphatic hydroxyl groups excluding tert-OH is 1. The Labute approximate surface area is 113 Å². The van der Waals surface area contributed by atoms with Crippen molar-refractivity contribution in [3.8, 4) is 0 Å². The van der Waals surface area contributed by atoms with Crippen LogP contribution in [0.4, 0.5) is 0 Å². The quantitative estimate of drug-likeness (QED) is 0.782. The van der Waals surface area contributed by atoms with Gasteiger partial charge in [0.25, 0.3) is 0 Å². The van der Waals surface area contributed by atoms with Gasteiger partial charge in [-0.05, 0) is 38.1 Å². The molecule has 2 aliphatic rings. The van der Waals surface area contributed by atoms with Crippen molar-refractivity contribution < 1.29 is 5.11 Å². The largest absolute Gasteiger partial charge is 0.392 e. The highest BCUT2D eigenvalue weighted by molar-refractivity contribution is 4.80. The fourth-order valence-corrected chi connectivity index (χ4v) is 3.94. The Kier molecular flexibility index (Phi) is 5.97. The molecule has 0 radical (unpaired) electrons. The summed E-state index contributed by atoms with van der Waals surface area (Å²) < 4.78 is 0. The van der Waals surface area contributed by atoms with E-state index in [4.69, 9.17) is 0 Å². The van der Waals surface area contributed by atoms with Crippen LogP contribution in [0.25, 0.3) is 0 Å². The van der Waals surface area contributed by atoms with E-state index in [0.29, 0.717) is 0 Å². The molecule has 0 aromatic heterocycles.